The zero-order valence-electron chi connectivity index (χ0n) is 12.3. The van der Waals surface area contributed by atoms with E-state index in [4.69, 9.17) is 4.74 Å². The van der Waals surface area contributed by atoms with Crippen LogP contribution in [0.1, 0.15) is 40.6 Å². The van der Waals surface area contributed by atoms with Crippen LogP contribution in [0.2, 0.25) is 0 Å². The highest BCUT2D eigenvalue weighted by Gasteiger charge is 2.32. The third-order valence-electron chi connectivity index (χ3n) is 4.36. The summed E-state index contributed by atoms with van der Waals surface area (Å²) in [5, 5.41) is 6.81. The summed E-state index contributed by atoms with van der Waals surface area (Å²) in [5.74, 6) is -0.0828. The third kappa shape index (κ3) is 2.58. The highest BCUT2D eigenvalue weighted by Crippen LogP contribution is 2.39. The summed E-state index contributed by atoms with van der Waals surface area (Å²) in [6, 6.07) is -0.174. The number of rotatable bonds is 3. The predicted octanol–water partition coefficient (Wildman–Crippen LogP) is 1.96. The van der Waals surface area contributed by atoms with E-state index in [9.17, 15) is 9.59 Å². The van der Waals surface area contributed by atoms with Crippen LogP contribution >= 0.6 is 11.3 Å². The second kappa shape index (κ2) is 5.77. The Morgan fingerprint density at radius 1 is 1.38 bits per heavy atom. The van der Waals surface area contributed by atoms with E-state index in [-0.39, 0.29) is 17.9 Å². The van der Waals surface area contributed by atoms with Crippen LogP contribution in [0.5, 0.6) is 0 Å². The van der Waals surface area contributed by atoms with Crippen molar-refractivity contribution in [1.82, 2.24) is 5.32 Å². The second-order valence-electron chi connectivity index (χ2n) is 5.74. The van der Waals surface area contributed by atoms with Gasteiger partial charge in [-0.15, -0.1) is 11.3 Å². The maximum Gasteiger partial charge on any atom is 0.341 e. The summed E-state index contributed by atoms with van der Waals surface area (Å²) < 4.78 is 4.89. The Bertz CT molecular complexity index is 582. The number of nitrogens with one attached hydrogen (secondary N) is 2. The van der Waals surface area contributed by atoms with Crippen molar-refractivity contribution >= 4 is 28.2 Å². The second-order valence-corrected chi connectivity index (χ2v) is 6.85. The summed E-state index contributed by atoms with van der Waals surface area (Å²) >= 11 is 1.52. The van der Waals surface area contributed by atoms with Gasteiger partial charge >= 0.3 is 5.97 Å². The molecule has 2 atom stereocenters. The third-order valence-corrected chi connectivity index (χ3v) is 5.57. The van der Waals surface area contributed by atoms with Gasteiger partial charge in [-0.3, -0.25) is 4.79 Å². The Balaban J connectivity index is 1.85. The van der Waals surface area contributed by atoms with E-state index in [0.29, 0.717) is 16.5 Å². The van der Waals surface area contributed by atoms with Crippen LogP contribution in [0.15, 0.2) is 0 Å². The van der Waals surface area contributed by atoms with Crippen molar-refractivity contribution < 1.29 is 14.3 Å². The van der Waals surface area contributed by atoms with Gasteiger partial charge in [0.1, 0.15) is 5.00 Å². The van der Waals surface area contributed by atoms with Crippen LogP contribution in [0, 0.1) is 5.92 Å². The number of fused-ring (bicyclic) bond motifs is 1. The number of carbonyl (C=O) groups is 2. The number of carbonyl (C=O) groups excluding carboxylic acids is 2. The van der Waals surface area contributed by atoms with Gasteiger partial charge in [0, 0.05) is 4.88 Å². The first-order valence-electron chi connectivity index (χ1n) is 7.39. The molecule has 6 heteroatoms. The Morgan fingerprint density at radius 2 is 2.19 bits per heavy atom. The number of hydrogen-bond donors (Lipinski definition) is 2. The lowest BCUT2D eigenvalue weighted by Gasteiger charge is -2.15. The molecule has 1 fully saturated rings. The van der Waals surface area contributed by atoms with E-state index < -0.39 is 0 Å². The first-order valence-corrected chi connectivity index (χ1v) is 8.20. The van der Waals surface area contributed by atoms with Crippen LogP contribution in [0.4, 0.5) is 5.00 Å². The minimum absolute atomic E-state index is 0.0509. The first-order chi connectivity index (χ1) is 10.1. The highest BCUT2D eigenvalue weighted by atomic mass is 32.1. The molecular formula is C15H20N2O3S. The minimum atomic E-state index is -0.350. The average Bonchev–Trinajstić information content (AvgIpc) is 3.13. The van der Waals surface area contributed by atoms with Crippen LogP contribution in [0.3, 0.4) is 0 Å². The van der Waals surface area contributed by atoms with Gasteiger partial charge in [-0.25, -0.2) is 4.79 Å². The van der Waals surface area contributed by atoms with Crippen LogP contribution in [0.25, 0.3) is 0 Å². The van der Waals surface area contributed by atoms with Gasteiger partial charge in [-0.1, -0.05) is 6.92 Å². The Morgan fingerprint density at radius 3 is 2.86 bits per heavy atom. The van der Waals surface area contributed by atoms with E-state index in [1.807, 2.05) is 0 Å². The molecule has 21 heavy (non-hydrogen) atoms. The molecule has 114 valence electrons. The lowest BCUT2D eigenvalue weighted by atomic mass is 10.0. The fraction of sp³-hybridized carbons (Fsp3) is 0.600. The molecule has 1 aromatic heterocycles. The predicted molar refractivity (Wildman–Crippen MR) is 81.9 cm³/mol. The van der Waals surface area contributed by atoms with Gasteiger partial charge in [-0.05, 0) is 43.7 Å². The van der Waals surface area contributed by atoms with Gasteiger partial charge in [0.05, 0.1) is 18.7 Å². The summed E-state index contributed by atoms with van der Waals surface area (Å²) in [5.41, 5.74) is 1.63. The fourth-order valence-electron chi connectivity index (χ4n) is 3.19. The highest BCUT2D eigenvalue weighted by molar-refractivity contribution is 7.17. The summed E-state index contributed by atoms with van der Waals surface area (Å²) in [6.07, 6.45) is 3.95. The summed E-state index contributed by atoms with van der Waals surface area (Å²) in [7, 11) is 1.38. The van der Waals surface area contributed by atoms with Gasteiger partial charge < -0.3 is 15.4 Å². The molecule has 2 unspecified atom stereocenters. The molecule has 1 amide bonds. The zero-order valence-corrected chi connectivity index (χ0v) is 13.1. The van der Waals surface area contributed by atoms with Gasteiger partial charge in [0.15, 0.2) is 0 Å². The van der Waals surface area contributed by atoms with E-state index in [1.54, 1.807) is 0 Å². The molecule has 0 radical (unpaired) electrons. The molecule has 1 aliphatic carbocycles. The van der Waals surface area contributed by atoms with Gasteiger partial charge in [0.25, 0.3) is 0 Å². The summed E-state index contributed by atoms with van der Waals surface area (Å²) in [6.45, 7) is 2.93. The van der Waals surface area contributed by atoms with Crippen LogP contribution in [-0.2, 0) is 22.4 Å². The van der Waals surface area contributed by atoms with Crippen molar-refractivity contribution in [3.8, 4) is 0 Å². The van der Waals surface area contributed by atoms with Crippen molar-refractivity contribution in [2.24, 2.45) is 5.92 Å². The molecule has 0 aromatic carbocycles. The Hall–Kier alpha value is -1.40. The smallest absolute Gasteiger partial charge is 0.341 e. The van der Waals surface area contributed by atoms with Crippen molar-refractivity contribution in [2.45, 2.75) is 38.6 Å². The monoisotopic (exact) mass is 308 g/mol. The molecule has 2 heterocycles. The molecule has 0 spiro atoms. The maximum atomic E-state index is 12.4. The topological polar surface area (TPSA) is 67.4 Å². The maximum absolute atomic E-state index is 12.4. The number of esters is 1. The normalized spacial score (nSPS) is 23.9. The molecule has 1 saturated heterocycles. The van der Waals surface area contributed by atoms with E-state index in [2.05, 4.69) is 17.6 Å². The number of thiophene rings is 1. The molecule has 1 aromatic rings. The average molecular weight is 308 g/mol. The van der Waals surface area contributed by atoms with Crippen molar-refractivity contribution in [3.05, 3.63) is 16.0 Å². The number of anilines is 1. The zero-order chi connectivity index (χ0) is 15.0. The number of aryl methyl sites for hydroxylation is 1. The summed E-state index contributed by atoms with van der Waals surface area (Å²) in [4.78, 5) is 25.6. The standard InChI is InChI=1S/C15H20N2O3S/c1-8-6-7-16-12(8)13(18)17-14-11(15(19)20-2)9-4-3-5-10(9)21-14/h8,12,16H,3-7H2,1-2H3,(H,17,18). The van der Waals surface area contributed by atoms with Crippen molar-refractivity contribution in [3.63, 3.8) is 0 Å². The molecule has 5 nitrogen and oxygen atoms in total. The molecule has 2 aliphatic rings. The Labute approximate surface area is 128 Å². The van der Waals surface area contributed by atoms with Crippen molar-refractivity contribution in [1.29, 1.82) is 0 Å². The lowest BCUT2D eigenvalue weighted by Crippen LogP contribution is -2.39. The number of hydrogen-bond acceptors (Lipinski definition) is 5. The van der Waals surface area contributed by atoms with Crippen LogP contribution < -0.4 is 10.6 Å². The molecule has 3 rings (SSSR count). The van der Waals surface area contributed by atoms with Gasteiger partial charge in [0.2, 0.25) is 5.91 Å². The number of ether oxygens (including phenoxy) is 1. The SMILES string of the molecule is COC(=O)c1c(NC(=O)C2NCCC2C)sc2c1CCC2. The number of methoxy groups -OCH3 is 1. The lowest BCUT2D eigenvalue weighted by molar-refractivity contribution is -0.118. The van der Waals surface area contributed by atoms with Crippen molar-refractivity contribution in [2.75, 3.05) is 19.0 Å². The first kappa shape index (κ1) is 14.5. The minimum Gasteiger partial charge on any atom is -0.465 e. The number of amides is 1. The van der Waals surface area contributed by atoms with E-state index in [1.165, 1.54) is 23.3 Å². The Kier molecular flexibility index (Phi) is 3.99. The molecule has 0 saturated carbocycles. The van der Waals surface area contributed by atoms with Gasteiger partial charge in [-0.2, -0.15) is 0 Å². The molecular weight excluding hydrogens is 288 g/mol. The van der Waals surface area contributed by atoms with E-state index >= 15 is 0 Å². The molecule has 2 N–H and O–H groups in total. The molecule has 0 bridgehead atoms. The molecule has 1 aliphatic heterocycles. The fourth-order valence-corrected chi connectivity index (χ4v) is 4.47. The quantitative estimate of drug-likeness (QED) is 0.838. The largest absolute Gasteiger partial charge is 0.465 e. The van der Waals surface area contributed by atoms with E-state index in [0.717, 1.165) is 37.8 Å². The van der Waals surface area contributed by atoms with Crippen LogP contribution in [-0.4, -0.2) is 31.6 Å².